The molecule has 10 heteroatoms. The number of carbonyl (C=O) groups excluding carboxylic acids is 1. The number of nitrogens with zero attached hydrogens (tertiary/aromatic N) is 4. The van der Waals surface area contributed by atoms with Gasteiger partial charge in [0.05, 0.1) is 5.69 Å². The van der Waals surface area contributed by atoms with Gasteiger partial charge in [-0.25, -0.2) is 8.42 Å². The number of para-hydroxylation sites is 1. The van der Waals surface area contributed by atoms with Gasteiger partial charge in [0.1, 0.15) is 11.6 Å². The Kier molecular flexibility index (Phi) is 5.63. The van der Waals surface area contributed by atoms with Gasteiger partial charge in [0, 0.05) is 29.7 Å². The van der Waals surface area contributed by atoms with Crippen molar-refractivity contribution in [3.05, 3.63) is 58.9 Å². The van der Waals surface area contributed by atoms with Gasteiger partial charge in [0.2, 0.25) is 15.0 Å². The lowest BCUT2D eigenvalue weighted by molar-refractivity contribution is -0.112. The molecule has 0 aliphatic rings. The molecule has 0 saturated carbocycles. The summed E-state index contributed by atoms with van der Waals surface area (Å²) >= 11 is 0.730. The third kappa shape index (κ3) is 4.42. The van der Waals surface area contributed by atoms with Crippen molar-refractivity contribution < 1.29 is 13.2 Å². The Balaban J connectivity index is 1.92. The molecule has 0 spiro atoms. The summed E-state index contributed by atoms with van der Waals surface area (Å²) in [5.74, 6) is -0.696. The van der Waals surface area contributed by atoms with Crippen molar-refractivity contribution in [1.82, 2.24) is 13.9 Å². The van der Waals surface area contributed by atoms with Crippen LogP contribution in [0.1, 0.15) is 16.8 Å². The highest BCUT2D eigenvalue weighted by molar-refractivity contribution is 7.90. The molecule has 0 aliphatic carbocycles. The fraction of sp³-hybridized carbons (Fsp3) is 0.158. The van der Waals surface area contributed by atoms with Crippen LogP contribution in [0.3, 0.4) is 0 Å². The first-order chi connectivity index (χ1) is 13.7. The number of aryl methyl sites for hydroxylation is 2. The number of hydrogen-bond donors (Lipinski definition) is 1. The minimum absolute atomic E-state index is 0.00158. The molecular weight excluding hydrogens is 410 g/mol. The number of carbonyl (C=O) groups is 1. The fourth-order valence-corrected chi connectivity index (χ4v) is 4.21. The summed E-state index contributed by atoms with van der Waals surface area (Å²) in [6, 6.07) is 11.4. The number of rotatable bonds is 5. The standard InChI is InChI=1S/C19H17N5O3S2/c1-12-6-4-7-13(2)16(12)24-9-5-8-15(24)10-14(11-20)17(25)21-18-22-19(23-28-18)29(3,26)27/h4-10H,1-3H3,(H,21,22,23,25). The first-order valence-corrected chi connectivity index (χ1v) is 11.1. The summed E-state index contributed by atoms with van der Waals surface area (Å²) in [6.07, 6.45) is 4.31. The van der Waals surface area contributed by atoms with E-state index in [4.69, 9.17) is 0 Å². The van der Waals surface area contributed by atoms with E-state index in [1.165, 1.54) is 6.08 Å². The third-order valence-corrected chi connectivity index (χ3v) is 5.67. The number of hydrogen-bond acceptors (Lipinski definition) is 7. The lowest BCUT2D eigenvalue weighted by atomic mass is 10.1. The number of amides is 1. The zero-order chi connectivity index (χ0) is 21.2. The van der Waals surface area contributed by atoms with Crippen LogP contribution in [0.25, 0.3) is 11.8 Å². The number of benzene rings is 1. The second-order valence-electron chi connectivity index (χ2n) is 6.32. The van der Waals surface area contributed by atoms with E-state index >= 15 is 0 Å². The van der Waals surface area contributed by atoms with Crippen molar-refractivity contribution >= 4 is 38.5 Å². The van der Waals surface area contributed by atoms with Crippen molar-refractivity contribution in [3.8, 4) is 11.8 Å². The Morgan fingerprint density at radius 3 is 2.52 bits per heavy atom. The van der Waals surface area contributed by atoms with Gasteiger partial charge >= 0.3 is 0 Å². The summed E-state index contributed by atoms with van der Waals surface area (Å²) in [5, 5.41) is 11.5. The molecule has 1 N–H and O–H groups in total. The number of nitrogens with one attached hydrogen (secondary N) is 1. The quantitative estimate of drug-likeness (QED) is 0.494. The highest BCUT2D eigenvalue weighted by Gasteiger charge is 2.18. The molecule has 1 aromatic carbocycles. The number of sulfone groups is 1. The smallest absolute Gasteiger partial charge is 0.268 e. The summed E-state index contributed by atoms with van der Waals surface area (Å²) in [5.41, 5.74) is 3.60. The van der Waals surface area contributed by atoms with Gasteiger partial charge in [-0.15, -0.1) is 0 Å². The molecule has 29 heavy (non-hydrogen) atoms. The SMILES string of the molecule is Cc1cccc(C)c1-n1cccc1C=C(C#N)C(=O)Nc1nc(S(C)(=O)=O)ns1. The highest BCUT2D eigenvalue weighted by Crippen LogP contribution is 2.23. The van der Waals surface area contributed by atoms with Gasteiger partial charge in [0.25, 0.3) is 11.1 Å². The minimum atomic E-state index is -3.58. The maximum absolute atomic E-state index is 12.5. The van der Waals surface area contributed by atoms with Crippen LogP contribution < -0.4 is 5.32 Å². The molecular formula is C19H17N5O3S2. The Labute approximate surface area is 172 Å². The van der Waals surface area contributed by atoms with Gasteiger partial charge in [-0.3, -0.25) is 10.1 Å². The Morgan fingerprint density at radius 1 is 1.24 bits per heavy atom. The summed E-state index contributed by atoms with van der Waals surface area (Å²) in [4.78, 5) is 16.3. The zero-order valence-corrected chi connectivity index (χ0v) is 17.5. The van der Waals surface area contributed by atoms with Gasteiger partial charge < -0.3 is 4.57 Å². The van der Waals surface area contributed by atoms with Crippen molar-refractivity contribution in [2.24, 2.45) is 0 Å². The minimum Gasteiger partial charge on any atom is -0.317 e. The van der Waals surface area contributed by atoms with Crippen molar-refractivity contribution in [2.45, 2.75) is 19.0 Å². The third-order valence-electron chi connectivity index (χ3n) is 4.08. The lowest BCUT2D eigenvalue weighted by Gasteiger charge is -2.13. The van der Waals surface area contributed by atoms with Crippen molar-refractivity contribution in [3.63, 3.8) is 0 Å². The molecule has 1 amide bonds. The van der Waals surface area contributed by atoms with Crippen LogP contribution >= 0.6 is 11.5 Å². The number of aromatic nitrogens is 3. The number of nitriles is 1. The Hall–Kier alpha value is -3.29. The van der Waals surface area contributed by atoms with Crippen LogP contribution in [0.5, 0.6) is 0 Å². The highest BCUT2D eigenvalue weighted by atomic mass is 32.2. The topological polar surface area (TPSA) is 118 Å². The second kappa shape index (κ2) is 7.98. The number of anilines is 1. The molecule has 8 nitrogen and oxygen atoms in total. The molecule has 3 rings (SSSR count). The molecule has 0 saturated heterocycles. The van der Waals surface area contributed by atoms with Crippen LogP contribution in [0.4, 0.5) is 5.13 Å². The molecule has 3 aromatic rings. The van der Waals surface area contributed by atoms with Crippen LogP contribution in [0, 0.1) is 25.2 Å². The summed E-state index contributed by atoms with van der Waals surface area (Å²) in [6.45, 7) is 3.98. The van der Waals surface area contributed by atoms with Crippen molar-refractivity contribution in [2.75, 3.05) is 11.6 Å². The van der Waals surface area contributed by atoms with Crippen LogP contribution in [0.2, 0.25) is 0 Å². The second-order valence-corrected chi connectivity index (χ2v) is 8.98. The average Bonchev–Trinajstić information content (AvgIpc) is 3.29. The predicted molar refractivity (Wildman–Crippen MR) is 110 cm³/mol. The predicted octanol–water partition coefficient (Wildman–Crippen LogP) is 2.89. The van der Waals surface area contributed by atoms with E-state index in [1.807, 2.05) is 54.9 Å². The van der Waals surface area contributed by atoms with Gasteiger partial charge in [-0.2, -0.15) is 14.6 Å². The maximum atomic E-state index is 12.5. The molecule has 0 bridgehead atoms. The van der Waals surface area contributed by atoms with E-state index in [0.717, 1.165) is 34.6 Å². The van der Waals surface area contributed by atoms with Gasteiger partial charge in [-0.05, 0) is 43.2 Å². The average molecular weight is 428 g/mol. The lowest BCUT2D eigenvalue weighted by Crippen LogP contribution is -2.14. The first-order valence-electron chi connectivity index (χ1n) is 8.41. The van der Waals surface area contributed by atoms with E-state index in [9.17, 15) is 18.5 Å². The summed E-state index contributed by atoms with van der Waals surface area (Å²) in [7, 11) is -3.58. The molecule has 0 aliphatic heterocycles. The first kappa shape index (κ1) is 20.4. The molecule has 0 atom stereocenters. The van der Waals surface area contributed by atoms with Crippen LogP contribution in [-0.4, -0.2) is 34.5 Å². The zero-order valence-electron chi connectivity index (χ0n) is 15.9. The van der Waals surface area contributed by atoms with E-state index in [1.54, 1.807) is 6.07 Å². The monoisotopic (exact) mass is 427 g/mol. The van der Waals surface area contributed by atoms with Crippen LogP contribution in [-0.2, 0) is 14.6 Å². The molecule has 0 unspecified atom stereocenters. The largest absolute Gasteiger partial charge is 0.317 e. The molecule has 2 heterocycles. The maximum Gasteiger partial charge on any atom is 0.268 e. The van der Waals surface area contributed by atoms with Gasteiger partial charge in [0.15, 0.2) is 0 Å². The molecule has 0 fully saturated rings. The molecule has 148 valence electrons. The Morgan fingerprint density at radius 2 is 1.93 bits per heavy atom. The Bertz CT molecular complexity index is 1240. The van der Waals surface area contributed by atoms with E-state index < -0.39 is 15.7 Å². The fourth-order valence-electron chi connectivity index (χ4n) is 2.77. The van der Waals surface area contributed by atoms with Gasteiger partial charge in [-0.1, -0.05) is 18.2 Å². The van der Waals surface area contributed by atoms with Crippen LogP contribution in [0.15, 0.2) is 47.3 Å². The molecule has 0 radical (unpaired) electrons. The van der Waals surface area contributed by atoms with E-state index in [-0.39, 0.29) is 15.9 Å². The molecule has 2 aromatic heterocycles. The van der Waals surface area contributed by atoms with Crippen molar-refractivity contribution in [1.29, 1.82) is 5.26 Å². The van der Waals surface area contributed by atoms with E-state index in [2.05, 4.69) is 14.7 Å². The normalized spacial score (nSPS) is 11.9. The summed E-state index contributed by atoms with van der Waals surface area (Å²) < 4.78 is 28.5. The van der Waals surface area contributed by atoms with E-state index in [0.29, 0.717) is 5.69 Å².